The van der Waals surface area contributed by atoms with Crippen LogP contribution < -0.4 is 16.5 Å². The van der Waals surface area contributed by atoms with E-state index in [4.69, 9.17) is 10.9 Å². The van der Waals surface area contributed by atoms with Crippen LogP contribution >= 0.6 is 0 Å². The van der Waals surface area contributed by atoms with E-state index in [9.17, 15) is 4.79 Å². The molecule has 0 fully saturated rings. The minimum Gasteiger partial charge on any atom is -0.322 e. The van der Waals surface area contributed by atoms with E-state index in [1.54, 1.807) is 24.3 Å². The Labute approximate surface area is 136 Å². The maximum absolute atomic E-state index is 12.2. The molecule has 0 aliphatic carbocycles. The highest BCUT2D eigenvalue weighted by Crippen LogP contribution is 2.23. The number of rotatable bonds is 4. The van der Waals surface area contributed by atoms with Crippen LogP contribution in [0.15, 0.2) is 48.5 Å². The highest BCUT2D eigenvalue weighted by molar-refractivity contribution is 6.04. The Morgan fingerprint density at radius 2 is 1.61 bits per heavy atom. The van der Waals surface area contributed by atoms with Crippen molar-refractivity contribution in [3.63, 3.8) is 0 Å². The zero-order valence-corrected chi connectivity index (χ0v) is 13.6. The largest absolute Gasteiger partial charge is 0.322 e. The second-order valence-electron chi connectivity index (χ2n) is 6.51. The maximum Gasteiger partial charge on any atom is 0.255 e. The number of amides is 1. The number of carbonyl (C=O) groups is 1. The first-order valence-electron chi connectivity index (χ1n) is 7.48. The number of nitrogens with two attached hydrogens (primary N) is 1. The first kappa shape index (κ1) is 17.1. The Balaban J connectivity index is 2.07. The van der Waals surface area contributed by atoms with Crippen LogP contribution in [-0.2, 0) is 5.41 Å². The lowest BCUT2D eigenvalue weighted by atomic mass is 9.87. The van der Waals surface area contributed by atoms with Crippen LogP contribution in [0.3, 0.4) is 0 Å². The van der Waals surface area contributed by atoms with Crippen molar-refractivity contribution in [1.29, 1.82) is 0 Å². The number of carbonyl (C=O) groups excluding carboxylic acids is 1. The average Bonchev–Trinajstić information content (AvgIpc) is 2.54. The summed E-state index contributed by atoms with van der Waals surface area (Å²) >= 11 is 0. The molecule has 0 saturated heterocycles. The van der Waals surface area contributed by atoms with Crippen LogP contribution in [0, 0.1) is 0 Å². The van der Waals surface area contributed by atoms with Gasteiger partial charge in [0.05, 0.1) is 0 Å². The van der Waals surface area contributed by atoms with Gasteiger partial charge in [0.25, 0.3) is 5.91 Å². The summed E-state index contributed by atoms with van der Waals surface area (Å²) in [5.74, 6) is -0.189. The van der Waals surface area contributed by atoms with E-state index in [1.165, 1.54) is 5.56 Å². The summed E-state index contributed by atoms with van der Waals surface area (Å²) in [7, 11) is 0. The lowest BCUT2D eigenvalue weighted by molar-refractivity contribution is 0.102. The fourth-order valence-electron chi connectivity index (χ4n) is 2.17. The van der Waals surface area contributed by atoms with Crippen molar-refractivity contribution >= 4 is 11.6 Å². The van der Waals surface area contributed by atoms with E-state index in [2.05, 4.69) is 26.1 Å². The van der Waals surface area contributed by atoms with Gasteiger partial charge in [-0.25, -0.2) is 0 Å². The van der Waals surface area contributed by atoms with Gasteiger partial charge >= 0.3 is 0 Å². The predicted octanol–water partition coefficient (Wildman–Crippen LogP) is 3.17. The molecule has 0 aliphatic rings. The SMILES string of the molecule is CC(C)(C)c1ccc(NC(=O)c2ccc(C(N)NO)cc2)cc1. The molecule has 5 N–H and O–H groups in total. The van der Waals surface area contributed by atoms with Crippen molar-refractivity contribution in [2.45, 2.75) is 32.4 Å². The summed E-state index contributed by atoms with van der Waals surface area (Å²) in [5, 5.41) is 11.7. The summed E-state index contributed by atoms with van der Waals surface area (Å²) < 4.78 is 0. The highest BCUT2D eigenvalue weighted by Gasteiger charge is 2.13. The van der Waals surface area contributed by atoms with Crippen LogP contribution in [0.1, 0.15) is 48.4 Å². The number of hydrogen-bond donors (Lipinski definition) is 4. The summed E-state index contributed by atoms with van der Waals surface area (Å²) in [6.07, 6.45) is -0.669. The molecule has 0 radical (unpaired) electrons. The first-order chi connectivity index (χ1) is 10.8. The zero-order chi connectivity index (χ0) is 17.0. The third-order valence-electron chi connectivity index (χ3n) is 3.68. The third kappa shape index (κ3) is 4.39. The molecule has 1 unspecified atom stereocenters. The standard InChI is InChI=1S/C18H23N3O2/c1-18(2,3)14-8-10-15(11-9-14)20-17(22)13-6-4-12(5-7-13)16(19)21-23/h4-11,16,21,23H,19H2,1-3H3,(H,20,22). The van der Waals surface area contributed by atoms with Crippen LogP contribution in [0.25, 0.3) is 0 Å². The summed E-state index contributed by atoms with van der Waals surface area (Å²) in [6, 6.07) is 14.6. The Morgan fingerprint density at radius 1 is 1.04 bits per heavy atom. The van der Waals surface area contributed by atoms with Crippen molar-refractivity contribution in [1.82, 2.24) is 5.48 Å². The van der Waals surface area contributed by atoms with Gasteiger partial charge in [-0.05, 0) is 40.8 Å². The molecule has 2 rings (SSSR count). The molecule has 0 heterocycles. The lowest BCUT2D eigenvalue weighted by Crippen LogP contribution is -2.25. The van der Waals surface area contributed by atoms with Gasteiger partial charge in [-0.15, -0.1) is 0 Å². The molecule has 2 aromatic rings. The minimum absolute atomic E-state index is 0.0812. The van der Waals surface area contributed by atoms with Crippen LogP contribution in [0.5, 0.6) is 0 Å². The van der Waals surface area contributed by atoms with Crippen molar-refractivity contribution in [3.8, 4) is 0 Å². The molecular weight excluding hydrogens is 290 g/mol. The van der Waals surface area contributed by atoms with E-state index in [-0.39, 0.29) is 11.3 Å². The predicted molar refractivity (Wildman–Crippen MR) is 91.4 cm³/mol. The molecule has 2 aromatic carbocycles. The molecule has 0 spiro atoms. The topological polar surface area (TPSA) is 87.4 Å². The molecule has 1 amide bonds. The smallest absolute Gasteiger partial charge is 0.255 e. The molecule has 5 heteroatoms. The summed E-state index contributed by atoms with van der Waals surface area (Å²) in [4.78, 5) is 12.2. The number of nitrogens with one attached hydrogen (secondary N) is 2. The van der Waals surface area contributed by atoms with Gasteiger partial charge in [-0.3, -0.25) is 4.79 Å². The summed E-state index contributed by atoms with van der Waals surface area (Å²) in [5.41, 5.74) is 10.9. The van der Waals surface area contributed by atoms with Gasteiger partial charge in [-0.1, -0.05) is 45.0 Å². The highest BCUT2D eigenvalue weighted by atomic mass is 16.5. The van der Waals surface area contributed by atoms with Crippen molar-refractivity contribution < 1.29 is 10.0 Å². The third-order valence-corrected chi connectivity index (χ3v) is 3.68. The number of benzene rings is 2. The zero-order valence-electron chi connectivity index (χ0n) is 13.6. The lowest BCUT2D eigenvalue weighted by Gasteiger charge is -2.19. The Morgan fingerprint density at radius 3 is 2.09 bits per heavy atom. The molecule has 122 valence electrons. The van der Waals surface area contributed by atoms with Gasteiger partial charge in [0.15, 0.2) is 0 Å². The van der Waals surface area contributed by atoms with E-state index >= 15 is 0 Å². The molecule has 5 nitrogen and oxygen atoms in total. The minimum atomic E-state index is -0.669. The number of hydrogen-bond acceptors (Lipinski definition) is 4. The van der Waals surface area contributed by atoms with Gasteiger partial charge in [0.1, 0.15) is 6.17 Å². The second kappa shape index (κ2) is 6.91. The molecule has 0 bridgehead atoms. The molecule has 0 saturated carbocycles. The monoisotopic (exact) mass is 313 g/mol. The first-order valence-corrected chi connectivity index (χ1v) is 7.48. The number of anilines is 1. The quantitative estimate of drug-likeness (QED) is 0.516. The van der Waals surface area contributed by atoms with Gasteiger partial charge in [-0.2, -0.15) is 5.48 Å². The fraction of sp³-hybridized carbons (Fsp3) is 0.278. The Bertz CT molecular complexity index is 658. The van der Waals surface area contributed by atoms with Crippen LogP contribution in [0.4, 0.5) is 5.69 Å². The van der Waals surface area contributed by atoms with Crippen molar-refractivity contribution in [2.75, 3.05) is 5.32 Å². The Hall–Kier alpha value is -2.21. The maximum atomic E-state index is 12.2. The van der Waals surface area contributed by atoms with E-state index in [0.717, 1.165) is 5.69 Å². The van der Waals surface area contributed by atoms with E-state index < -0.39 is 6.17 Å². The fourth-order valence-corrected chi connectivity index (χ4v) is 2.17. The van der Waals surface area contributed by atoms with E-state index in [1.807, 2.05) is 29.7 Å². The number of hydroxylamine groups is 1. The van der Waals surface area contributed by atoms with Gasteiger partial charge in [0.2, 0.25) is 0 Å². The van der Waals surface area contributed by atoms with Crippen molar-refractivity contribution in [2.24, 2.45) is 5.73 Å². The molecule has 1 atom stereocenters. The van der Waals surface area contributed by atoms with Crippen LogP contribution in [-0.4, -0.2) is 11.1 Å². The second-order valence-corrected chi connectivity index (χ2v) is 6.51. The molecule has 0 aliphatic heterocycles. The van der Waals surface area contributed by atoms with Crippen LogP contribution in [0.2, 0.25) is 0 Å². The Kier molecular flexibility index (Phi) is 5.15. The molecule has 0 aromatic heterocycles. The van der Waals surface area contributed by atoms with E-state index in [0.29, 0.717) is 11.1 Å². The average molecular weight is 313 g/mol. The van der Waals surface area contributed by atoms with Gasteiger partial charge < -0.3 is 16.3 Å². The normalized spacial score (nSPS) is 12.7. The molecular formula is C18H23N3O2. The molecule has 23 heavy (non-hydrogen) atoms. The van der Waals surface area contributed by atoms with Crippen molar-refractivity contribution in [3.05, 3.63) is 65.2 Å². The van der Waals surface area contributed by atoms with Gasteiger partial charge in [0, 0.05) is 11.3 Å². The summed E-state index contributed by atoms with van der Waals surface area (Å²) in [6.45, 7) is 6.44.